The molecule has 2 amide bonds. The first-order valence-corrected chi connectivity index (χ1v) is 8.27. The van der Waals surface area contributed by atoms with E-state index in [2.05, 4.69) is 15.8 Å². The van der Waals surface area contributed by atoms with Crippen LogP contribution in [0.3, 0.4) is 0 Å². The first-order valence-electron chi connectivity index (χ1n) is 6.55. The van der Waals surface area contributed by atoms with E-state index >= 15 is 0 Å². The summed E-state index contributed by atoms with van der Waals surface area (Å²) in [5, 5.41) is 8.38. The molecule has 0 aliphatic carbocycles. The maximum atomic E-state index is 11.8. The number of carbonyl (C=O) groups excluding carboxylic acids is 1. The topological polar surface area (TPSA) is 101 Å². The highest BCUT2D eigenvalue weighted by molar-refractivity contribution is 7.92. The molecule has 0 aromatic carbocycles. The summed E-state index contributed by atoms with van der Waals surface area (Å²) in [6, 6.07) is 0.818. The molecule has 0 saturated carbocycles. The molecular formula is C12H19N3O4S. The molecule has 1 saturated heterocycles. The van der Waals surface area contributed by atoms with E-state index in [0.29, 0.717) is 18.0 Å². The monoisotopic (exact) mass is 301 g/mol. The maximum absolute atomic E-state index is 11.8. The predicted molar refractivity (Wildman–Crippen MR) is 74.4 cm³/mol. The summed E-state index contributed by atoms with van der Waals surface area (Å²) < 4.78 is 28.2. The molecule has 1 aromatic heterocycles. The lowest BCUT2D eigenvalue weighted by Gasteiger charge is -2.15. The van der Waals surface area contributed by atoms with Gasteiger partial charge in [-0.15, -0.1) is 0 Å². The van der Waals surface area contributed by atoms with E-state index in [4.69, 9.17) is 4.52 Å². The summed E-state index contributed by atoms with van der Waals surface area (Å²) in [4.78, 5) is 11.8. The number of amides is 2. The number of hydrogen-bond acceptors (Lipinski definition) is 5. The van der Waals surface area contributed by atoms with E-state index in [9.17, 15) is 13.2 Å². The van der Waals surface area contributed by atoms with E-state index in [1.54, 1.807) is 13.0 Å². The van der Waals surface area contributed by atoms with Gasteiger partial charge in [0.1, 0.15) is 5.76 Å². The Morgan fingerprint density at radius 3 is 2.70 bits per heavy atom. The van der Waals surface area contributed by atoms with Gasteiger partial charge in [-0.2, -0.15) is 0 Å². The summed E-state index contributed by atoms with van der Waals surface area (Å²) in [6.45, 7) is 5.52. The number of nitrogens with zero attached hydrogens (tertiary/aromatic N) is 1. The number of urea groups is 1. The average Bonchev–Trinajstić information content (AvgIpc) is 2.90. The van der Waals surface area contributed by atoms with E-state index in [0.717, 1.165) is 0 Å². The number of sulfone groups is 1. The highest BCUT2D eigenvalue weighted by Crippen LogP contribution is 2.21. The van der Waals surface area contributed by atoms with Gasteiger partial charge in [0.25, 0.3) is 0 Å². The molecule has 112 valence electrons. The summed E-state index contributed by atoms with van der Waals surface area (Å²) in [6.07, 6.45) is 0.437. The molecule has 20 heavy (non-hydrogen) atoms. The van der Waals surface area contributed by atoms with Gasteiger partial charge in [-0.3, -0.25) is 5.32 Å². The lowest BCUT2D eigenvalue weighted by Crippen LogP contribution is -2.42. The second-order valence-electron chi connectivity index (χ2n) is 5.33. The molecule has 7 nitrogen and oxygen atoms in total. The van der Waals surface area contributed by atoms with E-state index in [-0.39, 0.29) is 17.7 Å². The molecule has 1 aliphatic heterocycles. The molecule has 2 rings (SSSR count). The fraction of sp³-hybridized carbons (Fsp3) is 0.667. The van der Waals surface area contributed by atoms with Crippen LogP contribution in [-0.4, -0.2) is 36.7 Å². The minimum atomic E-state index is -3.08. The van der Waals surface area contributed by atoms with Crippen LogP contribution in [0.2, 0.25) is 0 Å². The van der Waals surface area contributed by atoms with Gasteiger partial charge in [-0.1, -0.05) is 19.0 Å². The van der Waals surface area contributed by atoms with E-state index in [1.165, 1.54) is 0 Å². The summed E-state index contributed by atoms with van der Waals surface area (Å²) in [7, 11) is -3.08. The van der Waals surface area contributed by atoms with Crippen LogP contribution in [0.15, 0.2) is 10.6 Å². The molecule has 0 spiro atoms. The van der Waals surface area contributed by atoms with Crippen molar-refractivity contribution in [3.63, 3.8) is 0 Å². The Bertz CT molecular complexity index is 594. The van der Waals surface area contributed by atoms with Crippen LogP contribution in [0.4, 0.5) is 10.6 Å². The zero-order valence-corrected chi connectivity index (χ0v) is 12.5. The average molecular weight is 301 g/mol. The van der Waals surface area contributed by atoms with Crippen LogP contribution < -0.4 is 10.6 Å². The minimum Gasteiger partial charge on any atom is -0.359 e. The lowest BCUT2D eigenvalue weighted by atomic mass is 10.1. The zero-order valence-electron chi connectivity index (χ0n) is 11.7. The Balaban J connectivity index is 1.93. The normalized spacial score (nSPS) is 24.8. The third kappa shape index (κ3) is 3.12. The quantitative estimate of drug-likeness (QED) is 0.881. The molecular weight excluding hydrogens is 282 g/mol. The number of anilines is 1. The second-order valence-corrected chi connectivity index (χ2v) is 7.81. The van der Waals surface area contributed by atoms with Crippen LogP contribution in [0.1, 0.15) is 38.9 Å². The van der Waals surface area contributed by atoms with Crippen molar-refractivity contribution in [2.75, 3.05) is 11.1 Å². The smallest absolute Gasteiger partial charge is 0.320 e. The Hall–Kier alpha value is -1.57. The fourth-order valence-corrected chi connectivity index (χ4v) is 3.75. The summed E-state index contributed by atoms with van der Waals surface area (Å²) in [5.41, 5.74) is 0. The van der Waals surface area contributed by atoms with Crippen molar-refractivity contribution in [2.24, 2.45) is 0 Å². The van der Waals surface area contributed by atoms with Gasteiger partial charge in [0.05, 0.1) is 11.0 Å². The predicted octanol–water partition coefficient (Wildman–Crippen LogP) is 1.50. The molecule has 2 N–H and O–H groups in total. The maximum Gasteiger partial charge on any atom is 0.320 e. The van der Waals surface area contributed by atoms with Crippen molar-refractivity contribution >= 4 is 21.7 Å². The van der Waals surface area contributed by atoms with Crippen LogP contribution >= 0.6 is 0 Å². The third-order valence-corrected chi connectivity index (χ3v) is 5.77. The molecule has 8 heteroatoms. The zero-order chi connectivity index (χ0) is 14.9. The minimum absolute atomic E-state index is 0.112. The third-order valence-electron chi connectivity index (χ3n) is 3.50. The fourth-order valence-electron chi connectivity index (χ4n) is 2.09. The summed E-state index contributed by atoms with van der Waals surface area (Å²) in [5.74, 6) is 1.29. The van der Waals surface area contributed by atoms with Gasteiger partial charge in [0.2, 0.25) is 0 Å². The lowest BCUT2D eigenvalue weighted by molar-refractivity contribution is 0.248. The standard InChI is InChI=1S/C12H19N3O4S/c1-7(2)10-6-11(15-19-10)14-12(16)13-9-4-5-20(17,18)8(9)3/h6-9H,4-5H2,1-3H3,(H2,13,14,15,16)/t8-,9-/m0/s1. The van der Waals surface area contributed by atoms with Crippen molar-refractivity contribution in [3.8, 4) is 0 Å². The molecule has 1 aromatic rings. The van der Waals surface area contributed by atoms with Crippen molar-refractivity contribution < 1.29 is 17.7 Å². The van der Waals surface area contributed by atoms with Crippen molar-refractivity contribution in [3.05, 3.63) is 11.8 Å². The first-order chi connectivity index (χ1) is 9.29. The number of aromatic nitrogens is 1. The Morgan fingerprint density at radius 1 is 1.50 bits per heavy atom. The van der Waals surface area contributed by atoms with Crippen LogP contribution in [0.5, 0.6) is 0 Å². The van der Waals surface area contributed by atoms with Gasteiger partial charge in [-0.05, 0) is 13.3 Å². The van der Waals surface area contributed by atoms with Crippen molar-refractivity contribution in [1.29, 1.82) is 0 Å². The molecule has 0 bridgehead atoms. The van der Waals surface area contributed by atoms with Gasteiger partial charge >= 0.3 is 6.03 Å². The van der Waals surface area contributed by atoms with Crippen LogP contribution in [-0.2, 0) is 9.84 Å². The van der Waals surface area contributed by atoms with E-state index < -0.39 is 21.1 Å². The second kappa shape index (κ2) is 5.43. The molecule has 0 radical (unpaired) electrons. The highest BCUT2D eigenvalue weighted by Gasteiger charge is 2.37. The van der Waals surface area contributed by atoms with Crippen LogP contribution in [0.25, 0.3) is 0 Å². The number of nitrogens with one attached hydrogen (secondary N) is 2. The van der Waals surface area contributed by atoms with Crippen molar-refractivity contribution in [2.45, 2.75) is 44.4 Å². The molecule has 1 aliphatic rings. The van der Waals surface area contributed by atoms with Crippen LogP contribution in [0, 0.1) is 0 Å². The van der Waals surface area contributed by atoms with Gasteiger partial charge in [0.15, 0.2) is 15.7 Å². The Kier molecular flexibility index (Phi) is 4.03. The molecule has 1 fully saturated rings. The van der Waals surface area contributed by atoms with Gasteiger partial charge in [0, 0.05) is 18.0 Å². The number of rotatable bonds is 3. The Labute approximate surface area is 118 Å². The first kappa shape index (κ1) is 14.8. The molecule has 0 unspecified atom stereocenters. The molecule has 2 heterocycles. The Morgan fingerprint density at radius 2 is 2.20 bits per heavy atom. The largest absolute Gasteiger partial charge is 0.359 e. The molecule has 2 atom stereocenters. The SMILES string of the molecule is CC(C)c1cc(NC(=O)N[C@H]2CCS(=O)(=O)[C@H]2C)no1. The number of hydrogen-bond donors (Lipinski definition) is 2. The summed E-state index contributed by atoms with van der Waals surface area (Å²) >= 11 is 0. The number of carbonyl (C=O) groups is 1. The van der Waals surface area contributed by atoms with Gasteiger partial charge < -0.3 is 9.84 Å². The van der Waals surface area contributed by atoms with E-state index in [1.807, 2.05) is 13.8 Å². The highest BCUT2D eigenvalue weighted by atomic mass is 32.2. The van der Waals surface area contributed by atoms with Crippen molar-refractivity contribution in [1.82, 2.24) is 10.5 Å². The van der Waals surface area contributed by atoms with Gasteiger partial charge in [-0.25, -0.2) is 13.2 Å².